The molecule has 22 heavy (non-hydrogen) atoms. The molecule has 0 saturated carbocycles. The first kappa shape index (κ1) is 15.9. The molecule has 116 valence electrons. The number of allylic oxidation sites excluding steroid dienone is 3. The van der Waals surface area contributed by atoms with Gasteiger partial charge in [-0.05, 0) is 42.2 Å². The predicted molar refractivity (Wildman–Crippen MR) is 82.4 cm³/mol. The van der Waals surface area contributed by atoms with Gasteiger partial charge in [0.15, 0.2) is 5.78 Å². The maximum Gasteiger partial charge on any atom is 0.262 e. The van der Waals surface area contributed by atoms with Crippen molar-refractivity contribution in [3.05, 3.63) is 51.1 Å². The van der Waals surface area contributed by atoms with E-state index >= 15 is 0 Å². The summed E-state index contributed by atoms with van der Waals surface area (Å²) in [5, 5.41) is 22.2. The Kier molecular flexibility index (Phi) is 5.09. The number of ketones is 1. The Morgan fingerprint density at radius 2 is 2.09 bits per heavy atom. The molecule has 0 bridgehead atoms. The third kappa shape index (κ3) is 3.61. The van der Waals surface area contributed by atoms with Crippen molar-refractivity contribution in [1.82, 2.24) is 0 Å². The minimum Gasteiger partial charge on any atom is -0.868 e. The summed E-state index contributed by atoms with van der Waals surface area (Å²) >= 11 is 0. The highest BCUT2D eigenvalue weighted by Crippen LogP contribution is 2.29. The van der Waals surface area contributed by atoms with Crippen molar-refractivity contribution in [2.45, 2.75) is 39.0 Å². The molecule has 0 amide bonds. The zero-order valence-electron chi connectivity index (χ0n) is 12.5. The highest BCUT2D eigenvalue weighted by atomic mass is 16.6. The monoisotopic (exact) mass is 300 g/mol. The number of unbranched alkanes of at least 4 members (excludes halogenated alkanes) is 2. The van der Waals surface area contributed by atoms with E-state index in [2.05, 4.69) is 6.92 Å². The Balaban J connectivity index is 2.13. The lowest BCUT2D eigenvalue weighted by Crippen LogP contribution is -2.00. The van der Waals surface area contributed by atoms with Gasteiger partial charge in [0.05, 0.1) is 4.92 Å². The first-order valence-corrected chi connectivity index (χ1v) is 7.42. The second-order valence-corrected chi connectivity index (χ2v) is 5.37. The molecule has 0 atom stereocenters. The van der Waals surface area contributed by atoms with E-state index < -0.39 is 16.4 Å². The number of carbonyl (C=O) groups is 1. The van der Waals surface area contributed by atoms with Crippen LogP contribution in [0.3, 0.4) is 0 Å². The van der Waals surface area contributed by atoms with Crippen LogP contribution >= 0.6 is 0 Å². The minimum absolute atomic E-state index is 0.0185. The number of Topliss-reactive ketones (excluding diaryl/α,β-unsaturated/α-hetero) is 1. The van der Waals surface area contributed by atoms with Crippen LogP contribution in [0.25, 0.3) is 6.08 Å². The average molecular weight is 300 g/mol. The summed E-state index contributed by atoms with van der Waals surface area (Å²) in [4.78, 5) is 22.3. The second kappa shape index (κ2) is 7.02. The summed E-state index contributed by atoms with van der Waals surface area (Å²) in [5.74, 6) is -0.603. The van der Waals surface area contributed by atoms with Gasteiger partial charge in [0, 0.05) is 11.6 Å². The van der Waals surface area contributed by atoms with Crippen molar-refractivity contribution < 1.29 is 14.8 Å². The van der Waals surface area contributed by atoms with E-state index in [0.29, 0.717) is 17.6 Å². The number of benzene rings is 1. The van der Waals surface area contributed by atoms with Crippen LogP contribution < -0.4 is 5.11 Å². The zero-order valence-corrected chi connectivity index (χ0v) is 12.5. The van der Waals surface area contributed by atoms with E-state index in [1.165, 1.54) is 18.2 Å². The molecule has 0 saturated heterocycles. The normalized spacial score (nSPS) is 16.1. The molecule has 0 unspecified atom stereocenters. The van der Waals surface area contributed by atoms with E-state index in [1.54, 1.807) is 6.08 Å². The third-order valence-corrected chi connectivity index (χ3v) is 3.72. The maximum absolute atomic E-state index is 12.3. The highest BCUT2D eigenvalue weighted by Gasteiger charge is 2.20. The average Bonchev–Trinajstić information content (AvgIpc) is 2.82. The molecular formula is C17H18NO4-. The summed E-state index contributed by atoms with van der Waals surface area (Å²) < 4.78 is 0. The first-order valence-electron chi connectivity index (χ1n) is 7.42. The van der Waals surface area contributed by atoms with Gasteiger partial charge in [0.2, 0.25) is 0 Å². The Morgan fingerprint density at radius 3 is 2.77 bits per heavy atom. The lowest BCUT2D eigenvalue weighted by atomic mass is 10.0. The second-order valence-electron chi connectivity index (χ2n) is 5.37. The van der Waals surface area contributed by atoms with E-state index in [9.17, 15) is 20.0 Å². The number of hydrogen-bond donors (Lipinski definition) is 0. The molecule has 1 aromatic rings. The van der Waals surface area contributed by atoms with Crippen LogP contribution in [0.5, 0.6) is 5.75 Å². The Hall–Kier alpha value is -2.43. The largest absolute Gasteiger partial charge is 0.868 e. The van der Waals surface area contributed by atoms with Gasteiger partial charge in [-0.15, -0.1) is 0 Å². The molecule has 0 fully saturated rings. The van der Waals surface area contributed by atoms with Crippen molar-refractivity contribution in [2.75, 3.05) is 0 Å². The fraction of sp³-hybridized carbons (Fsp3) is 0.353. The smallest absolute Gasteiger partial charge is 0.262 e. The number of nitro groups is 1. The van der Waals surface area contributed by atoms with Crippen LogP contribution in [0.1, 0.15) is 44.6 Å². The van der Waals surface area contributed by atoms with Crippen LogP contribution in [0.15, 0.2) is 35.4 Å². The van der Waals surface area contributed by atoms with Gasteiger partial charge in [-0.2, -0.15) is 0 Å². The summed E-state index contributed by atoms with van der Waals surface area (Å²) in [7, 11) is 0. The number of nitro benzene ring substituents is 1. The van der Waals surface area contributed by atoms with Crippen molar-refractivity contribution in [3.8, 4) is 5.75 Å². The molecule has 1 aromatic carbocycles. The van der Waals surface area contributed by atoms with E-state index in [0.717, 1.165) is 31.3 Å². The molecular weight excluding hydrogens is 282 g/mol. The van der Waals surface area contributed by atoms with Crippen LogP contribution in [0.4, 0.5) is 5.69 Å². The fourth-order valence-electron chi connectivity index (χ4n) is 2.50. The summed E-state index contributed by atoms with van der Waals surface area (Å²) in [6, 6.07) is 3.89. The highest BCUT2D eigenvalue weighted by molar-refractivity contribution is 6.13. The first-order chi connectivity index (χ1) is 10.5. The summed E-state index contributed by atoms with van der Waals surface area (Å²) in [6.45, 7) is 2.11. The molecule has 2 rings (SSSR count). The molecule has 0 N–H and O–H groups in total. The molecule has 0 radical (unpaired) electrons. The SMILES string of the molecule is CCCCCC1=CC/C(=C\c2ccc([O-])c([N+](=O)[O-])c2)C1=O. The van der Waals surface area contributed by atoms with Gasteiger partial charge < -0.3 is 5.11 Å². The quantitative estimate of drug-likeness (QED) is 0.348. The van der Waals surface area contributed by atoms with Crippen molar-refractivity contribution in [1.29, 1.82) is 0 Å². The molecule has 5 heteroatoms. The molecule has 0 spiro atoms. The maximum atomic E-state index is 12.3. The zero-order chi connectivity index (χ0) is 16.1. The van der Waals surface area contributed by atoms with Crippen LogP contribution in [-0.2, 0) is 4.79 Å². The van der Waals surface area contributed by atoms with Gasteiger partial charge in [0.25, 0.3) is 5.69 Å². The Bertz CT molecular complexity index is 659. The molecule has 0 aliphatic heterocycles. The summed E-state index contributed by atoms with van der Waals surface area (Å²) in [5.41, 5.74) is 1.50. The van der Waals surface area contributed by atoms with Gasteiger partial charge in [-0.3, -0.25) is 14.9 Å². The van der Waals surface area contributed by atoms with Gasteiger partial charge >= 0.3 is 0 Å². The third-order valence-electron chi connectivity index (χ3n) is 3.72. The van der Waals surface area contributed by atoms with Gasteiger partial charge in [-0.1, -0.05) is 38.0 Å². The van der Waals surface area contributed by atoms with Crippen LogP contribution in [0, 0.1) is 10.1 Å². The molecule has 0 aromatic heterocycles. The fourth-order valence-corrected chi connectivity index (χ4v) is 2.50. The number of carbonyl (C=O) groups excluding carboxylic acids is 1. The predicted octanol–water partition coefficient (Wildman–Crippen LogP) is 3.53. The van der Waals surface area contributed by atoms with Crippen LogP contribution in [0.2, 0.25) is 0 Å². The number of nitrogens with zero attached hydrogens (tertiary/aromatic N) is 1. The Labute approximate surface area is 129 Å². The van der Waals surface area contributed by atoms with E-state index in [-0.39, 0.29) is 5.78 Å². The standard InChI is InChI=1S/C17H19NO4/c1-2-3-4-5-13-7-8-14(17(13)20)10-12-6-9-16(19)15(11-12)18(21)22/h6-7,9-11,19H,2-5,8H2,1H3/p-1/b14-10+. The number of rotatable bonds is 6. The lowest BCUT2D eigenvalue weighted by Gasteiger charge is -2.07. The minimum atomic E-state index is -0.699. The van der Waals surface area contributed by atoms with Gasteiger partial charge in [0.1, 0.15) is 0 Å². The van der Waals surface area contributed by atoms with Crippen LogP contribution in [-0.4, -0.2) is 10.7 Å². The van der Waals surface area contributed by atoms with E-state index in [4.69, 9.17) is 0 Å². The van der Waals surface area contributed by atoms with Crippen molar-refractivity contribution >= 4 is 17.5 Å². The summed E-state index contributed by atoms with van der Waals surface area (Å²) in [6.07, 6.45) is 8.10. The molecule has 0 heterocycles. The van der Waals surface area contributed by atoms with Crippen molar-refractivity contribution in [3.63, 3.8) is 0 Å². The Morgan fingerprint density at radius 1 is 1.32 bits per heavy atom. The lowest BCUT2D eigenvalue weighted by molar-refractivity contribution is -0.398. The van der Waals surface area contributed by atoms with E-state index in [1.807, 2.05) is 6.08 Å². The molecule has 5 nitrogen and oxygen atoms in total. The molecule has 1 aliphatic carbocycles. The number of hydrogen-bond acceptors (Lipinski definition) is 4. The molecule has 1 aliphatic rings. The topological polar surface area (TPSA) is 83.3 Å². The van der Waals surface area contributed by atoms with Crippen molar-refractivity contribution in [2.24, 2.45) is 0 Å². The van der Waals surface area contributed by atoms with Gasteiger partial charge in [-0.25, -0.2) is 0 Å².